The van der Waals surface area contributed by atoms with Crippen molar-refractivity contribution in [2.45, 2.75) is 58.0 Å². The highest BCUT2D eigenvalue weighted by atomic mass is 19.3. The van der Waals surface area contributed by atoms with Gasteiger partial charge < -0.3 is 4.74 Å². The first-order chi connectivity index (χ1) is 13.1. The van der Waals surface area contributed by atoms with Crippen LogP contribution in [0, 0.1) is 17.8 Å². The van der Waals surface area contributed by atoms with E-state index in [0.29, 0.717) is 5.92 Å². The Kier molecular flexibility index (Phi) is 5.47. The molecule has 2 aromatic carbocycles. The van der Waals surface area contributed by atoms with Crippen molar-refractivity contribution in [2.75, 3.05) is 0 Å². The van der Waals surface area contributed by atoms with Crippen LogP contribution >= 0.6 is 0 Å². The van der Waals surface area contributed by atoms with Crippen molar-refractivity contribution in [3.63, 3.8) is 0 Å². The predicted octanol–water partition coefficient (Wildman–Crippen LogP) is 7.27. The monoisotopic (exact) mass is 370 g/mol. The normalized spacial score (nSPS) is 28.0. The third-order valence-corrected chi connectivity index (χ3v) is 6.67. The Morgan fingerprint density at radius 2 is 1.37 bits per heavy atom. The molecule has 0 aliphatic heterocycles. The van der Waals surface area contributed by atoms with Crippen molar-refractivity contribution in [1.82, 2.24) is 0 Å². The third-order valence-electron chi connectivity index (χ3n) is 6.67. The molecule has 2 aliphatic carbocycles. The number of hydrogen-bond donors (Lipinski definition) is 0. The lowest BCUT2D eigenvalue weighted by molar-refractivity contribution is -0.0498. The molecular formula is C24H28F2O. The predicted molar refractivity (Wildman–Crippen MR) is 105 cm³/mol. The maximum Gasteiger partial charge on any atom is 0.387 e. The first kappa shape index (κ1) is 18.5. The van der Waals surface area contributed by atoms with Crippen molar-refractivity contribution in [3.05, 3.63) is 54.1 Å². The molecule has 0 N–H and O–H groups in total. The number of alkyl halides is 2. The molecule has 3 heteroatoms. The van der Waals surface area contributed by atoms with Crippen LogP contribution in [0.4, 0.5) is 8.78 Å². The maximum absolute atomic E-state index is 12.3. The van der Waals surface area contributed by atoms with Gasteiger partial charge in [-0.2, -0.15) is 8.78 Å². The van der Waals surface area contributed by atoms with Gasteiger partial charge in [-0.1, -0.05) is 49.7 Å². The molecule has 4 atom stereocenters. The molecule has 0 spiro atoms. The number of benzene rings is 2. The van der Waals surface area contributed by atoms with E-state index in [9.17, 15) is 8.78 Å². The minimum absolute atomic E-state index is 0.198. The topological polar surface area (TPSA) is 9.23 Å². The fourth-order valence-corrected chi connectivity index (χ4v) is 5.20. The number of halogens is 2. The van der Waals surface area contributed by atoms with Gasteiger partial charge in [-0.15, -0.1) is 0 Å². The first-order valence-electron chi connectivity index (χ1n) is 10.2. The lowest BCUT2D eigenvalue weighted by Gasteiger charge is -2.41. The molecular weight excluding hydrogens is 342 g/mol. The Bertz CT molecular complexity index is 738. The molecule has 4 rings (SSSR count). The fourth-order valence-electron chi connectivity index (χ4n) is 5.20. The summed E-state index contributed by atoms with van der Waals surface area (Å²) in [4.78, 5) is 0. The number of hydrogen-bond acceptors (Lipinski definition) is 1. The Labute approximate surface area is 160 Å². The van der Waals surface area contributed by atoms with Crippen LogP contribution in [0.1, 0.15) is 56.9 Å². The van der Waals surface area contributed by atoms with Crippen molar-refractivity contribution < 1.29 is 13.5 Å². The van der Waals surface area contributed by atoms with Crippen LogP contribution in [0.5, 0.6) is 5.75 Å². The molecule has 2 aromatic rings. The number of fused-ring (bicyclic) bond motifs is 1. The van der Waals surface area contributed by atoms with Gasteiger partial charge >= 0.3 is 6.61 Å². The molecule has 0 saturated heterocycles. The second-order valence-corrected chi connectivity index (χ2v) is 8.47. The lowest BCUT2D eigenvalue weighted by Crippen LogP contribution is -2.29. The van der Waals surface area contributed by atoms with Gasteiger partial charge in [0.2, 0.25) is 0 Å². The zero-order valence-corrected chi connectivity index (χ0v) is 15.9. The molecule has 1 nitrogen and oxygen atoms in total. The molecule has 0 heterocycles. The molecule has 27 heavy (non-hydrogen) atoms. The smallest absolute Gasteiger partial charge is 0.387 e. The van der Waals surface area contributed by atoms with Crippen LogP contribution in [0.25, 0.3) is 11.1 Å². The maximum atomic E-state index is 12.3. The summed E-state index contributed by atoms with van der Waals surface area (Å²) in [5.41, 5.74) is 3.59. The summed E-state index contributed by atoms with van der Waals surface area (Å²) < 4.78 is 29.0. The van der Waals surface area contributed by atoms with Gasteiger partial charge in [0.15, 0.2) is 0 Å². The van der Waals surface area contributed by atoms with Crippen molar-refractivity contribution >= 4 is 0 Å². The molecule has 2 aliphatic rings. The van der Waals surface area contributed by atoms with E-state index in [-0.39, 0.29) is 5.75 Å². The van der Waals surface area contributed by atoms with E-state index in [0.717, 1.165) is 28.9 Å². The van der Waals surface area contributed by atoms with Gasteiger partial charge in [0.1, 0.15) is 5.75 Å². The second kappa shape index (κ2) is 8.00. The van der Waals surface area contributed by atoms with Gasteiger partial charge in [-0.25, -0.2) is 0 Å². The van der Waals surface area contributed by atoms with Gasteiger partial charge in [-0.3, -0.25) is 0 Å². The quantitative estimate of drug-likeness (QED) is 0.549. The van der Waals surface area contributed by atoms with Crippen LogP contribution in [-0.4, -0.2) is 6.61 Å². The van der Waals surface area contributed by atoms with Gasteiger partial charge in [0.05, 0.1) is 0 Å². The number of rotatable bonds is 4. The zero-order valence-electron chi connectivity index (χ0n) is 15.9. The Balaban J connectivity index is 1.42. The molecule has 0 aromatic heterocycles. The highest BCUT2D eigenvalue weighted by Gasteiger charge is 2.34. The van der Waals surface area contributed by atoms with Crippen LogP contribution in [0.2, 0.25) is 0 Å². The summed E-state index contributed by atoms with van der Waals surface area (Å²) in [5, 5.41) is 0. The molecule has 0 amide bonds. The Hall–Kier alpha value is -1.90. The lowest BCUT2D eigenvalue weighted by atomic mass is 9.64. The molecule has 0 radical (unpaired) electrons. The summed E-state index contributed by atoms with van der Waals surface area (Å²) in [7, 11) is 0. The molecule has 2 fully saturated rings. The molecule has 4 unspecified atom stereocenters. The van der Waals surface area contributed by atoms with E-state index in [4.69, 9.17) is 0 Å². The second-order valence-electron chi connectivity index (χ2n) is 8.47. The fraction of sp³-hybridized carbons (Fsp3) is 0.500. The highest BCUT2D eigenvalue weighted by Crippen LogP contribution is 2.47. The molecule has 2 saturated carbocycles. The SMILES string of the molecule is CC1CCC2CC(c3ccc(-c4ccc(OC(F)F)cc4)cc3)CCC2C1. The van der Waals surface area contributed by atoms with E-state index >= 15 is 0 Å². The molecule has 144 valence electrons. The molecule has 0 bridgehead atoms. The standard InChI is InChI=1S/C24H28F2O/c1-16-2-3-22-15-21(9-8-20(22)14-16)19-6-4-17(5-7-19)18-10-12-23(13-11-18)27-24(25)26/h4-7,10-13,16,20-22,24H,2-3,8-9,14-15H2,1H3. The third kappa shape index (κ3) is 4.34. The van der Waals surface area contributed by atoms with Crippen LogP contribution in [0.15, 0.2) is 48.5 Å². The van der Waals surface area contributed by atoms with E-state index in [1.807, 2.05) is 12.1 Å². The highest BCUT2D eigenvalue weighted by molar-refractivity contribution is 5.64. The van der Waals surface area contributed by atoms with E-state index in [1.165, 1.54) is 44.1 Å². The average molecular weight is 370 g/mol. The van der Waals surface area contributed by atoms with E-state index in [2.05, 4.69) is 35.9 Å². The Morgan fingerprint density at radius 3 is 2.04 bits per heavy atom. The van der Waals surface area contributed by atoms with E-state index < -0.39 is 6.61 Å². The van der Waals surface area contributed by atoms with Crippen LogP contribution in [-0.2, 0) is 0 Å². The van der Waals surface area contributed by atoms with Gasteiger partial charge in [-0.05, 0) is 84.6 Å². The zero-order chi connectivity index (χ0) is 18.8. The summed E-state index contributed by atoms with van der Waals surface area (Å²) in [5.74, 6) is 3.68. The average Bonchev–Trinajstić information content (AvgIpc) is 2.68. The van der Waals surface area contributed by atoms with Crippen LogP contribution in [0.3, 0.4) is 0 Å². The van der Waals surface area contributed by atoms with Gasteiger partial charge in [0.25, 0.3) is 0 Å². The van der Waals surface area contributed by atoms with Crippen LogP contribution < -0.4 is 4.74 Å². The van der Waals surface area contributed by atoms with Gasteiger partial charge in [0, 0.05) is 0 Å². The largest absolute Gasteiger partial charge is 0.435 e. The Morgan fingerprint density at radius 1 is 0.778 bits per heavy atom. The van der Waals surface area contributed by atoms with Crippen molar-refractivity contribution in [2.24, 2.45) is 17.8 Å². The summed E-state index contributed by atoms with van der Waals surface area (Å²) >= 11 is 0. The van der Waals surface area contributed by atoms with Crippen molar-refractivity contribution in [1.29, 1.82) is 0 Å². The summed E-state index contributed by atoms with van der Waals surface area (Å²) in [6.07, 6.45) is 8.28. The van der Waals surface area contributed by atoms with E-state index in [1.54, 1.807) is 12.1 Å². The summed E-state index contributed by atoms with van der Waals surface area (Å²) in [6, 6.07) is 15.7. The minimum Gasteiger partial charge on any atom is -0.435 e. The summed E-state index contributed by atoms with van der Waals surface area (Å²) in [6.45, 7) is -0.370. The minimum atomic E-state index is -2.78. The van der Waals surface area contributed by atoms with Crippen molar-refractivity contribution in [3.8, 4) is 16.9 Å². The first-order valence-corrected chi connectivity index (χ1v) is 10.2. The number of ether oxygens (including phenoxy) is 1.